The predicted molar refractivity (Wildman–Crippen MR) is 114 cm³/mol. The molecule has 0 amide bonds. The maximum absolute atomic E-state index is 9.02. The van der Waals surface area contributed by atoms with Crippen LogP contribution in [0.15, 0.2) is 42.5 Å². The Morgan fingerprint density at radius 1 is 1.11 bits per heavy atom. The van der Waals surface area contributed by atoms with Crippen LogP contribution in [0.3, 0.4) is 0 Å². The lowest BCUT2D eigenvalue weighted by Crippen LogP contribution is -2.27. The van der Waals surface area contributed by atoms with Gasteiger partial charge in [0.1, 0.15) is 5.75 Å². The molecule has 0 spiro atoms. The molecule has 144 valence electrons. The molecule has 27 heavy (non-hydrogen) atoms. The third-order valence-corrected chi connectivity index (χ3v) is 5.62. The van der Waals surface area contributed by atoms with Crippen LogP contribution >= 0.6 is 23.1 Å². The van der Waals surface area contributed by atoms with Crippen LogP contribution in [0, 0.1) is 0 Å². The monoisotopic (exact) mass is 404 g/mol. The van der Waals surface area contributed by atoms with E-state index in [0.29, 0.717) is 6.61 Å². The van der Waals surface area contributed by atoms with Crippen molar-refractivity contribution in [2.24, 2.45) is 0 Å². The first-order chi connectivity index (χ1) is 13.2. The summed E-state index contributed by atoms with van der Waals surface area (Å²) in [6.07, 6.45) is 2.07. The summed E-state index contributed by atoms with van der Waals surface area (Å²) in [4.78, 5) is 2.25. The van der Waals surface area contributed by atoms with Crippen molar-refractivity contribution in [2.45, 2.75) is 19.8 Å². The van der Waals surface area contributed by atoms with Crippen LogP contribution in [-0.2, 0) is 0 Å². The minimum absolute atomic E-state index is 0.219. The maximum atomic E-state index is 9.02. The van der Waals surface area contributed by atoms with Crippen molar-refractivity contribution < 1.29 is 9.84 Å². The smallest absolute Gasteiger partial charge is 0.120 e. The zero-order valence-corrected chi connectivity index (χ0v) is 17.1. The molecule has 3 rings (SSSR count). The third kappa shape index (κ3) is 5.42. The van der Waals surface area contributed by atoms with E-state index in [1.807, 2.05) is 30.3 Å². The van der Waals surface area contributed by atoms with Gasteiger partial charge in [-0.1, -0.05) is 30.7 Å². The van der Waals surface area contributed by atoms with Crippen LogP contribution in [0.2, 0.25) is 5.02 Å². The molecule has 1 aromatic heterocycles. The Kier molecular flexibility index (Phi) is 7.47. The second kappa shape index (κ2) is 10.0. The Morgan fingerprint density at radius 2 is 1.93 bits per heavy atom. The van der Waals surface area contributed by atoms with Gasteiger partial charge in [-0.15, -0.1) is 0 Å². The number of nitrogens with zero attached hydrogens (tertiary/aromatic N) is 2. The minimum atomic E-state index is 0.219. The largest absolute Gasteiger partial charge is 0.494 e. The Hall–Kier alpha value is -1.66. The maximum Gasteiger partial charge on any atom is 0.120 e. The van der Waals surface area contributed by atoms with Gasteiger partial charge in [-0.3, -0.25) is 0 Å². The number of likely N-dealkylation sites (N-methyl/N-ethyl adjacent to an activating group) is 1. The number of aliphatic hydroxyl groups excluding tert-OH is 1. The molecule has 0 aliphatic carbocycles. The average molecular weight is 405 g/mol. The van der Waals surface area contributed by atoms with Crippen molar-refractivity contribution in [3.05, 3.63) is 47.5 Å². The van der Waals surface area contributed by atoms with Crippen molar-refractivity contribution >= 4 is 33.2 Å². The number of hydrogen-bond donors (Lipinski definition) is 1. The highest BCUT2D eigenvalue weighted by Gasteiger charge is 2.09. The normalized spacial score (nSPS) is 11.4. The van der Waals surface area contributed by atoms with Crippen molar-refractivity contribution in [3.63, 3.8) is 0 Å². The second-order valence-corrected chi connectivity index (χ2v) is 7.65. The summed E-state index contributed by atoms with van der Waals surface area (Å²) in [6.45, 7) is 5.75. The molecular formula is C21H25ClN2O2S. The zero-order chi connectivity index (χ0) is 19.1. The molecule has 0 fully saturated rings. The van der Waals surface area contributed by atoms with Gasteiger partial charge in [0, 0.05) is 22.5 Å². The molecule has 1 N–H and O–H groups in total. The van der Waals surface area contributed by atoms with Crippen molar-refractivity contribution in [1.29, 1.82) is 0 Å². The Morgan fingerprint density at radius 3 is 2.67 bits per heavy atom. The standard InChI is InChI=1S/C21H25ClN2O2S/c1-2-24(12-13-25)11-3-4-14-26-18-9-10-19-20(15-18)27-23-21(19)16-5-7-17(22)8-6-16/h5-10,15,25H,2-4,11-14H2,1H3. The summed E-state index contributed by atoms with van der Waals surface area (Å²) in [5, 5.41) is 10.9. The summed E-state index contributed by atoms with van der Waals surface area (Å²) in [7, 11) is 0. The van der Waals surface area contributed by atoms with Gasteiger partial charge in [0.15, 0.2) is 0 Å². The predicted octanol–water partition coefficient (Wildman–Crippen LogP) is 5.09. The molecule has 0 aliphatic heterocycles. The summed E-state index contributed by atoms with van der Waals surface area (Å²) in [5.74, 6) is 0.886. The topological polar surface area (TPSA) is 45.6 Å². The highest BCUT2D eigenvalue weighted by Crippen LogP contribution is 2.33. The van der Waals surface area contributed by atoms with E-state index in [9.17, 15) is 0 Å². The molecule has 6 heteroatoms. The minimum Gasteiger partial charge on any atom is -0.494 e. The van der Waals surface area contributed by atoms with Gasteiger partial charge in [0.05, 0.1) is 23.6 Å². The van der Waals surface area contributed by atoms with Gasteiger partial charge in [0.2, 0.25) is 0 Å². The number of unbranched alkanes of at least 4 members (excludes halogenated alkanes) is 1. The zero-order valence-electron chi connectivity index (χ0n) is 15.5. The van der Waals surface area contributed by atoms with E-state index in [-0.39, 0.29) is 6.61 Å². The Balaban J connectivity index is 1.55. The molecule has 0 radical (unpaired) electrons. The third-order valence-electron chi connectivity index (χ3n) is 4.56. The number of ether oxygens (including phenoxy) is 1. The Labute approximate surface area is 169 Å². The summed E-state index contributed by atoms with van der Waals surface area (Å²) in [5.41, 5.74) is 2.06. The van der Waals surface area contributed by atoms with Gasteiger partial charge >= 0.3 is 0 Å². The van der Waals surface area contributed by atoms with Crippen LogP contribution < -0.4 is 4.74 Å². The number of halogens is 1. The van der Waals surface area contributed by atoms with E-state index in [0.717, 1.165) is 64.6 Å². The average Bonchev–Trinajstić information content (AvgIpc) is 3.10. The molecule has 0 atom stereocenters. The molecule has 0 saturated heterocycles. The first-order valence-electron chi connectivity index (χ1n) is 9.32. The lowest BCUT2D eigenvalue weighted by Gasteiger charge is -2.18. The number of rotatable bonds is 10. The number of aliphatic hydroxyl groups is 1. The summed E-state index contributed by atoms with van der Waals surface area (Å²) < 4.78 is 11.6. The van der Waals surface area contributed by atoms with Crippen molar-refractivity contribution in [3.8, 4) is 17.0 Å². The highest BCUT2D eigenvalue weighted by atomic mass is 35.5. The quantitative estimate of drug-likeness (QED) is 0.478. The van der Waals surface area contributed by atoms with Crippen LogP contribution in [-0.4, -0.2) is 47.2 Å². The molecule has 4 nitrogen and oxygen atoms in total. The van der Waals surface area contributed by atoms with Gasteiger partial charge in [-0.25, -0.2) is 0 Å². The van der Waals surface area contributed by atoms with E-state index >= 15 is 0 Å². The number of hydrogen-bond acceptors (Lipinski definition) is 5. The molecule has 1 heterocycles. The fourth-order valence-corrected chi connectivity index (χ4v) is 3.97. The summed E-state index contributed by atoms with van der Waals surface area (Å²) in [6, 6.07) is 13.9. The van der Waals surface area contributed by atoms with E-state index < -0.39 is 0 Å². The molecule has 0 bridgehead atoms. The number of benzene rings is 2. The van der Waals surface area contributed by atoms with Crippen LogP contribution in [0.4, 0.5) is 0 Å². The van der Waals surface area contributed by atoms with E-state index in [4.69, 9.17) is 21.4 Å². The lowest BCUT2D eigenvalue weighted by atomic mass is 10.1. The first kappa shape index (κ1) is 20.1. The highest BCUT2D eigenvalue weighted by molar-refractivity contribution is 7.13. The molecule has 3 aromatic rings. The van der Waals surface area contributed by atoms with E-state index in [1.54, 1.807) is 0 Å². The van der Waals surface area contributed by atoms with Gasteiger partial charge < -0.3 is 14.7 Å². The van der Waals surface area contributed by atoms with E-state index in [1.165, 1.54) is 11.5 Å². The molecule has 2 aromatic carbocycles. The molecule has 0 unspecified atom stereocenters. The van der Waals surface area contributed by atoms with Crippen molar-refractivity contribution in [1.82, 2.24) is 9.27 Å². The van der Waals surface area contributed by atoms with Crippen LogP contribution in [0.25, 0.3) is 21.3 Å². The number of aromatic nitrogens is 1. The fraction of sp³-hybridized carbons (Fsp3) is 0.381. The molecule has 0 aliphatic rings. The molecule has 0 saturated carbocycles. The van der Waals surface area contributed by atoms with Gasteiger partial charge in [-0.2, -0.15) is 4.37 Å². The van der Waals surface area contributed by atoms with Gasteiger partial charge in [0.25, 0.3) is 0 Å². The van der Waals surface area contributed by atoms with Gasteiger partial charge in [-0.05, 0) is 67.8 Å². The van der Waals surface area contributed by atoms with Crippen LogP contribution in [0.1, 0.15) is 19.8 Å². The van der Waals surface area contributed by atoms with E-state index in [2.05, 4.69) is 28.3 Å². The van der Waals surface area contributed by atoms with Crippen molar-refractivity contribution in [2.75, 3.05) is 32.8 Å². The SMILES string of the molecule is CCN(CCO)CCCCOc1ccc2c(-c3ccc(Cl)cc3)nsc2c1. The fourth-order valence-electron chi connectivity index (χ4n) is 3.02. The first-order valence-corrected chi connectivity index (χ1v) is 10.5. The second-order valence-electron chi connectivity index (χ2n) is 6.41. The summed E-state index contributed by atoms with van der Waals surface area (Å²) >= 11 is 7.47. The Bertz CT molecular complexity index is 851. The number of fused-ring (bicyclic) bond motifs is 1. The van der Waals surface area contributed by atoms with Crippen LogP contribution in [0.5, 0.6) is 5.75 Å². The lowest BCUT2D eigenvalue weighted by molar-refractivity contribution is 0.195. The molecular weight excluding hydrogens is 380 g/mol.